The van der Waals surface area contributed by atoms with E-state index in [1.165, 1.54) is 0 Å². The zero-order valence-electron chi connectivity index (χ0n) is 10.7. The molecule has 0 aromatic carbocycles. The second-order valence-corrected chi connectivity index (χ2v) is 4.42. The third kappa shape index (κ3) is 3.22. The predicted molar refractivity (Wildman–Crippen MR) is 64.0 cm³/mol. The molecule has 2 heteroatoms. The molecule has 90 valence electrons. The van der Waals surface area contributed by atoms with Gasteiger partial charge in [-0.2, -0.15) is 0 Å². The summed E-state index contributed by atoms with van der Waals surface area (Å²) in [6.45, 7) is 8.29. The molecule has 0 heterocycles. The Hall–Kier alpha value is -0.530. The number of unbranched alkanes of at least 4 members (excludes halogenated alkanes) is 1. The number of aliphatic carboxylic acids is 1. The SMILES string of the molecule is CCCCC(CC)C(CC)(CC)C(=O)O. The quantitative estimate of drug-likeness (QED) is 0.660. The standard InChI is InChI=1S/C13H26O2/c1-5-9-10-11(6-2)13(7-3,8-4)12(14)15/h11H,5-10H2,1-4H3,(H,14,15). The van der Waals surface area contributed by atoms with Crippen molar-refractivity contribution in [2.24, 2.45) is 11.3 Å². The first-order valence-corrected chi connectivity index (χ1v) is 6.32. The maximum Gasteiger partial charge on any atom is 0.309 e. The van der Waals surface area contributed by atoms with Crippen molar-refractivity contribution in [3.8, 4) is 0 Å². The highest BCUT2D eigenvalue weighted by molar-refractivity contribution is 5.74. The molecular weight excluding hydrogens is 188 g/mol. The van der Waals surface area contributed by atoms with Gasteiger partial charge in [0.2, 0.25) is 0 Å². The number of carboxylic acid groups (broad SMARTS) is 1. The van der Waals surface area contributed by atoms with Gasteiger partial charge < -0.3 is 5.11 Å². The number of carboxylic acids is 1. The van der Waals surface area contributed by atoms with Gasteiger partial charge in [-0.3, -0.25) is 4.79 Å². The van der Waals surface area contributed by atoms with Crippen molar-refractivity contribution in [3.63, 3.8) is 0 Å². The van der Waals surface area contributed by atoms with Crippen LogP contribution < -0.4 is 0 Å². The van der Waals surface area contributed by atoms with E-state index in [1.54, 1.807) is 0 Å². The summed E-state index contributed by atoms with van der Waals surface area (Å²) < 4.78 is 0. The number of hydrogen-bond donors (Lipinski definition) is 1. The maximum atomic E-state index is 11.4. The first-order valence-electron chi connectivity index (χ1n) is 6.32. The lowest BCUT2D eigenvalue weighted by atomic mass is 9.68. The highest BCUT2D eigenvalue weighted by Crippen LogP contribution is 2.40. The molecule has 0 aliphatic heterocycles. The van der Waals surface area contributed by atoms with E-state index in [2.05, 4.69) is 13.8 Å². The van der Waals surface area contributed by atoms with Crippen LogP contribution in [0.3, 0.4) is 0 Å². The van der Waals surface area contributed by atoms with Gasteiger partial charge in [0.15, 0.2) is 0 Å². The fraction of sp³-hybridized carbons (Fsp3) is 0.923. The summed E-state index contributed by atoms with van der Waals surface area (Å²) in [4.78, 5) is 11.4. The highest BCUT2D eigenvalue weighted by atomic mass is 16.4. The van der Waals surface area contributed by atoms with Gasteiger partial charge in [-0.15, -0.1) is 0 Å². The minimum absolute atomic E-state index is 0.338. The molecule has 0 bridgehead atoms. The Morgan fingerprint density at radius 2 is 1.73 bits per heavy atom. The predicted octanol–water partition coefficient (Wildman–Crippen LogP) is 4.09. The molecule has 0 aromatic rings. The Labute approximate surface area is 94.1 Å². The molecule has 0 rings (SSSR count). The fourth-order valence-corrected chi connectivity index (χ4v) is 2.63. The summed E-state index contributed by atoms with van der Waals surface area (Å²) in [5, 5.41) is 9.42. The zero-order chi connectivity index (χ0) is 11.9. The summed E-state index contributed by atoms with van der Waals surface area (Å²) in [5.41, 5.74) is -0.482. The normalized spacial score (nSPS) is 13.9. The third-order valence-corrected chi connectivity index (χ3v) is 3.87. The van der Waals surface area contributed by atoms with E-state index in [-0.39, 0.29) is 0 Å². The van der Waals surface area contributed by atoms with Crippen molar-refractivity contribution in [2.45, 2.75) is 66.2 Å². The van der Waals surface area contributed by atoms with Crippen molar-refractivity contribution in [1.29, 1.82) is 0 Å². The van der Waals surface area contributed by atoms with Crippen LogP contribution in [0.4, 0.5) is 0 Å². The second kappa shape index (κ2) is 6.86. The smallest absolute Gasteiger partial charge is 0.309 e. The molecule has 0 saturated heterocycles. The molecule has 1 N–H and O–H groups in total. The van der Waals surface area contributed by atoms with E-state index in [0.29, 0.717) is 5.92 Å². The topological polar surface area (TPSA) is 37.3 Å². The molecule has 0 saturated carbocycles. The van der Waals surface area contributed by atoms with Crippen LogP contribution in [0.2, 0.25) is 0 Å². The molecule has 15 heavy (non-hydrogen) atoms. The Bertz CT molecular complexity index is 183. The van der Waals surface area contributed by atoms with Crippen LogP contribution in [-0.4, -0.2) is 11.1 Å². The molecule has 0 aliphatic carbocycles. The first kappa shape index (κ1) is 14.5. The minimum Gasteiger partial charge on any atom is -0.481 e. The van der Waals surface area contributed by atoms with Gasteiger partial charge in [-0.05, 0) is 25.2 Å². The second-order valence-electron chi connectivity index (χ2n) is 4.42. The highest BCUT2D eigenvalue weighted by Gasteiger charge is 2.41. The van der Waals surface area contributed by atoms with Crippen molar-refractivity contribution >= 4 is 5.97 Å². The van der Waals surface area contributed by atoms with Crippen LogP contribution in [0.1, 0.15) is 66.2 Å². The number of carbonyl (C=O) groups is 1. The van der Waals surface area contributed by atoms with Gasteiger partial charge in [0.25, 0.3) is 0 Å². The van der Waals surface area contributed by atoms with E-state index in [4.69, 9.17) is 0 Å². The zero-order valence-corrected chi connectivity index (χ0v) is 10.7. The van der Waals surface area contributed by atoms with Gasteiger partial charge in [-0.1, -0.05) is 47.0 Å². The van der Waals surface area contributed by atoms with Crippen LogP contribution in [0.15, 0.2) is 0 Å². The van der Waals surface area contributed by atoms with E-state index in [0.717, 1.165) is 38.5 Å². The van der Waals surface area contributed by atoms with Crippen LogP contribution in [-0.2, 0) is 4.79 Å². The Kier molecular flexibility index (Phi) is 6.62. The average molecular weight is 214 g/mol. The Balaban J connectivity index is 4.75. The van der Waals surface area contributed by atoms with Gasteiger partial charge in [0.05, 0.1) is 5.41 Å². The number of rotatable bonds is 8. The van der Waals surface area contributed by atoms with Crippen molar-refractivity contribution < 1.29 is 9.90 Å². The summed E-state index contributed by atoms with van der Waals surface area (Å²) in [6, 6.07) is 0. The molecule has 0 spiro atoms. The molecule has 0 radical (unpaired) electrons. The molecule has 1 unspecified atom stereocenters. The summed E-state index contributed by atoms with van der Waals surface area (Å²) in [5.74, 6) is -0.264. The van der Waals surface area contributed by atoms with E-state index < -0.39 is 11.4 Å². The van der Waals surface area contributed by atoms with Crippen molar-refractivity contribution in [2.75, 3.05) is 0 Å². The molecule has 0 amide bonds. The van der Waals surface area contributed by atoms with Gasteiger partial charge in [0, 0.05) is 0 Å². The van der Waals surface area contributed by atoms with Crippen LogP contribution in [0.5, 0.6) is 0 Å². The van der Waals surface area contributed by atoms with Gasteiger partial charge in [0.1, 0.15) is 0 Å². The van der Waals surface area contributed by atoms with Crippen LogP contribution >= 0.6 is 0 Å². The largest absolute Gasteiger partial charge is 0.481 e. The van der Waals surface area contributed by atoms with Crippen LogP contribution in [0, 0.1) is 11.3 Å². The summed E-state index contributed by atoms with van der Waals surface area (Å²) >= 11 is 0. The Morgan fingerprint density at radius 1 is 1.20 bits per heavy atom. The van der Waals surface area contributed by atoms with Crippen molar-refractivity contribution in [3.05, 3.63) is 0 Å². The van der Waals surface area contributed by atoms with E-state index in [1.807, 2.05) is 13.8 Å². The lowest BCUT2D eigenvalue weighted by Crippen LogP contribution is -2.37. The molecule has 1 atom stereocenters. The molecular formula is C13H26O2. The monoisotopic (exact) mass is 214 g/mol. The van der Waals surface area contributed by atoms with E-state index in [9.17, 15) is 9.90 Å². The number of hydrogen-bond acceptors (Lipinski definition) is 1. The molecule has 0 aromatic heterocycles. The minimum atomic E-state index is -0.601. The average Bonchev–Trinajstić information content (AvgIpc) is 2.24. The fourth-order valence-electron chi connectivity index (χ4n) is 2.63. The molecule has 0 aliphatic rings. The summed E-state index contributed by atoms with van der Waals surface area (Å²) in [6.07, 6.45) is 5.84. The van der Waals surface area contributed by atoms with Crippen molar-refractivity contribution in [1.82, 2.24) is 0 Å². The Morgan fingerprint density at radius 3 is 2.00 bits per heavy atom. The van der Waals surface area contributed by atoms with Gasteiger partial charge in [-0.25, -0.2) is 0 Å². The maximum absolute atomic E-state index is 11.4. The van der Waals surface area contributed by atoms with E-state index >= 15 is 0 Å². The van der Waals surface area contributed by atoms with Crippen LogP contribution in [0.25, 0.3) is 0 Å². The lowest BCUT2D eigenvalue weighted by Gasteiger charge is -2.35. The summed E-state index contributed by atoms with van der Waals surface area (Å²) in [7, 11) is 0. The lowest BCUT2D eigenvalue weighted by molar-refractivity contribution is -0.153. The molecule has 2 nitrogen and oxygen atoms in total. The first-order chi connectivity index (χ1) is 7.08. The van der Waals surface area contributed by atoms with Gasteiger partial charge >= 0.3 is 5.97 Å². The third-order valence-electron chi connectivity index (χ3n) is 3.87. The molecule has 0 fully saturated rings.